The Morgan fingerprint density at radius 1 is 1.25 bits per heavy atom. The molecule has 0 spiro atoms. The Kier molecular flexibility index (Phi) is 4.95. The van der Waals surface area contributed by atoms with Crippen molar-refractivity contribution in [2.24, 2.45) is 5.92 Å². The SMILES string of the molecule is CC(C)Cn1ncnc1Cn1cccc1CNC(C)C. The molecule has 0 unspecified atom stereocenters. The summed E-state index contributed by atoms with van der Waals surface area (Å²) in [6.45, 7) is 11.3. The summed E-state index contributed by atoms with van der Waals surface area (Å²) >= 11 is 0. The zero-order chi connectivity index (χ0) is 14.5. The van der Waals surface area contributed by atoms with Crippen LogP contribution in [0, 0.1) is 5.92 Å². The van der Waals surface area contributed by atoms with Crippen LogP contribution >= 0.6 is 0 Å². The first-order valence-corrected chi connectivity index (χ1v) is 7.30. The van der Waals surface area contributed by atoms with Gasteiger partial charge in [0, 0.05) is 31.0 Å². The lowest BCUT2D eigenvalue weighted by molar-refractivity contribution is 0.458. The van der Waals surface area contributed by atoms with Crippen molar-refractivity contribution in [2.75, 3.05) is 0 Å². The van der Waals surface area contributed by atoms with E-state index in [1.54, 1.807) is 6.33 Å². The van der Waals surface area contributed by atoms with Gasteiger partial charge in [-0.05, 0) is 18.1 Å². The monoisotopic (exact) mass is 275 g/mol. The minimum atomic E-state index is 0.489. The van der Waals surface area contributed by atoms with Crippen molar-refractivity contribution in [3.05, 3.63) is 36.2 Å². The summed E-state index contributed by atoms with van der Waals surface area (Å²) in [5.74, 6) is 1.59. The van der Waals surface area contributed by atoms with Crippen LogP contribution in [0.3, 0.4) is 0 Å². The van der Waals surface area contributed by atoms with Gasteiger partial charge in [-0.15, -0.1) is 0 Å². The molecule has 1 N–H and O–H groups in total. The van der Waals surface area contributed by atoms with Gasteiger partial charge in [-0.3, -0.25) is 0 Å². The highest BCUT2D eigenvalue weighted by molar-refractivity contribution is 5.09. The molecule has 0 fully saturated rings. The molecular formula is C15H25N5. The lowest BCUT2D eigenvalue weighted by atomic mass is 10.2. The Hall–Kier alpha value is -1.62. The van der Waals surface area contributed by atoms with E-state index in [2.05, 4.69) is 66.0 Å². The summed E-state index contributed by atoms with van der Waals surface area (Å²) in [6, 6.07) is 4.72. The van der Waals surface area contributed by atoms with E-state index < -0.39 is 0 Å². The molecule has 0 radical (unpaired) electrons. The van der Waals surface area contributed by atoms with Gasteiger partial charge in [-0.1, -0.05) is 27.7 Å². The highest BCUT2D eigenvalue weighted by Crippen LogP contribution is 2.08. The summed E-state index contributed by atoms with van der Waals surface area (Å²) in [5.41, 5.74) is 1.28. The molecule has 0 aliphatic carbocycles. The maximum absolute atomic E-state index is 4.39. The maximum Gasteiger partial charge on any atom is 0.146 e. The van der Waals surface area contributed by atoms with Crippen LogP contribution < -0.4 is 5.32 Å². The molecule has 2 rings (SSSR count). The van der Waals surface area contributed by atoms with E-state index in [1.165, 1.54) is 5.69 Å². The summed E-state index contributed by atoms with van der Waals surface area (Å²) in [7, 11) is 0. The van der Waals surface area contributed by atoms with Crippen molar-refractivity contribution in [1.82, 2.24) is 24.6 Å². The van der Waals surface area contributed by atoms with E-state index in [4.69, 9.17) is 0 Å². The van der Waals surface area contributed by atoms with E-state index in [0.29, 0.717) is 12.0 Å². The van der Waals surface area contributed by atoms with Crippen LogP contribution in [0.1, 0.15) is 39.2 Å². The van der Waals surface area contributed by atoms with Crippen molar-refractivity contribution in [1.29, 1.82) is 0 Å². The summed E-state index contributed by atoms with van der Waals surface area (Å²) in [6.07, 6.45) is 3.75. The minimum Gasteiger partial charge on any atom is -0.343 e. The van der Waals surface area contributed by atoms with Gasteiger partial charge >= 0.3 is 0 Å². The standard InChI is InChI=1S/C15H25N5/c1-12(2)9-20-15(17-11-18-20)10-19-7-5-6-14(19)8-16-13(3)4/h5-7,11-13,16H,8-10H2,1-4H3. The predicted molar refractivity (Wildman–Crippen MR) is 80.4 cm³/mol. The second-order valence-corrected chi connectivity index (χ2v) is 5.92. The van der Waals surface area contributed by atoms with Crippen molar-refractivity contribution in [3.8, 4) is 0 Å². The lowest BCUT2D eigenvalue weighted by Gasteiger charge is -2.13. The average Bonchev–Trinajstić information content (AvgIpc) is 2.97. The highest BCUT2D eigenvalue weighted by Gasteiger charge is 2.09. The molecule has 0 saturated carbocycles. The van der Waals surface area contributed by atoms with E-state index >= 15 is 0 Å². The van der Waals surface area contributed by atoms with Crippen LogP contribution in [0.15, 0.2) is 24.7 Å². The van der Waals surface area contributed by atoms with Gasteiger partial charge in [0.25, 0.3) is 0 Å². The molecule has 0 bridgehead atoms. The third kappa shape index (κ3) is 3.93. The van der Waals surface area contributed by atoms with Gasteiger partial charge < -0.3 is 9.88 Å². The van der Waals surface area contributed by atoms with Crippen LogP contribution in [0.2, 0.25) is 0 Å². The Bertz CT molecular complexity index is 524. The topological polar surface area (TPSA) is 47.7 Å². The first kappa shape index (κ1) is 14.8. The van der Waals surface area contributed by atoms with Crippen molar-refractivity contribution in [2.45, 2.75) is 53.4 Å². The van der Waals surface area contributed by atoms with Gasteiger partial charge in [-0.2, -0.15) is 5.10 Å². The number of nitrogens with one attached hydrogen (secondary N) is 1. The molecule has 0 aromatic carbocycles. The molecule has 0 amide bonds. The van der Waals surface area contributed by atoms with Gasteiger partial charge in [0.15, 0.2) is 0 Å². The summed E-state index contributed by atoms with van der Waals surface area (Å²) in [4.78, 5) is 4.39. The van der Waals surface area contributed by atoms with Crippen molar-refractivity contribution < 1.29 is 0 Å². The molecule has 20 heavy (non-hydrogen) atoms. The molecule has 5 heteroatoms. The number of rotatable bonds is 7. The molecule has 2 heterocycles. The number of hydrogen-bond donors (Lipinski definition) is 1. The zero-order valence-electron chi connectivity index (χ0n) is 12.9. The van der Waals surface area contributed by atoms with Crippen LogP contribution in [0.25, 0.3) is 0 Å². The number of nitrogens with zero attached hydrogens (tertiary/aromatic N) is 4. The van der Waals surface area contributed by atoms with Crippen LogP contribution in [-0.2, 0) is 19.6 Å². The van der Waals surface area contributed by atoms with Crippen LogP contribution in [0.5, 0.6) is 0 Å². The Labute approximate surface area is 121 Å². The number of aromatic nitrogens is 4. The fourth-order valence-corrected chi connectivity index (χ4v) is 2.13. The third-order valence-electron chi connectivity index (χ3n) is 3.16. The molecule has 2 aromatic heterocycles. The first-order valence-electron chi connectivity index (χ1n) is 7.30. The largest absolute Gasteiger partial charge is 0.343 e. The Balaban J connectivity index is 2.07. The fraction of sp³-hybridized carbons (Fsp3) is 0.600. The molecular weight excluding hydrogens is 250 g/mol. The second kappa shape index (κ2) is 6.70. The lowest BCUT2D eigenvalue weighted by Crippen LogP contribution is -2.24. The molecule has 5 nitrogen and oxygen atoms in total. The van der Waals surface area contributed by atoms with Gasteiger partial charge in [0.05, 0.1) is 6.54 Å². The van der Waals surface area contributed by atoms with Crippen LogP contribution in [-0.4, -0.2) is 25.4 Å². The Morgan fingerprint density at radius 2 is 2.05 bits per heavy atom. The van der Waals surface area contributed by atoms with Crippen molar-refractivity contribution in [3.63, 3.8) is 0 Å². The smallest absolute Gasteiger partial charge is 0.146 e. The van der Waals surface area contributed by atoms with E-state index in [9.17, 15) is 0 Å². The fourth-order valence-electron chi connectivity index (χ4n) is 2.13. The molecule has 110 valence electrons. The predicted octanol–water partition coefficient (Wildman–Crippen LogP) is 2.28. The maximum atomic E-state index is 4.39. The molecule has 0 saturated heterocycles. The second-order valence-electron chi connectivity index (χ2n) is 5.92. The van der Waals surface area contributed by atoms with E-state index in [1.807, 2.05) is 4.68 Å². The normalized spacial score (nSPS) is 11.7. The van der Waals surface area contributed by atoms with E-state index in [-0.39, 0.29) is 0 Å². The first-order chi connectivity index (χ1) is 9.56. The summed E-state index contributed by atoms with van der Waals surface area (Å²) < 4.78 is 4.24. The molecule has 2 aromatic rings. The summed E-state index contributed by atoms with van der Waals surface area (Å²) in [5, 5.41) is 7.77. The van der Waals surface area contributed by atoms with Gasteiger partial charge in [-0.25, -0.2) is 9.67 Å². The van der Waals surface area contributed by atoms with Crippen molar-refractivity contribution >= 4 is 0 Å². The van der Waals surface area contributed by atoms with Gasteiger partial charge in [0.1, 0.15) is 12.2 Å². The highest BCUT2D eigenvalue weighted by atomic mass is 15.3. The molecule has 0 aliphatic heterocycles. The van der Waals surface area contributed by atoms with Crippen LogP contribution in [0.4, 0.5) is 0 Å². The minimum absolute atomic E-state index is 0.489. The molecule has 0 atom stereocenters. The van der Waals surface area contributed by atoms with E-state index in [0.717, 1.165) is 25.5 Å². The average molecular weight is 275 g/mol. The zero-order valence-corrected chi connectivity index (χ0v) is 12.9. The Morgan fingerprint density at radius 3 is 2.75 bits per heavy atom. The molecule has 0 aliphatic rings. The third-order valence-corrected chi connectivity index (χ3v) is 3.16. The quantitative estimate of drug-likeness (QED) is 0.843. The van der Waals surface area contributed by atoms with Gasteiger partial charge in [0.2, 0.25) is 0 Å². The number of hydrogen-bond acceptors (Lipinski definition) is 3.